The fourth-order valence-corrected chi connectivity index (χ4v) is 10.4. The summed E-state index contributed by atoms with van der Waals surface area (Å²) in [5, 5.41) is 26.5. The van der Waals surface area contributed by atoms with E-state index >= 15 is 0 Å². The fraction of sp³-hybridized carbons (Fsp3) is 0.720. The molecule has 1 saturated carbocycles. The Morgan fingerprint density at radius 2 is 1.17 bits per heavy atom. The van der Waals surface area contributed by atoms with Crippen molar-refractivity contribution in [1.29, 1.82) is 0 Å². The van der Waals surface area contributed by atoms with Crippen LogP contribution in [0.2, 0.25) is 18.6 Å². The third-order valence-corrected chi connectivity index (χ3v) is 11.7. The number of phenols is 1. The third-order valence-electron chi connectivity index (χ3n) is 7.21. The van der Waals surface area contributed by atoms with Crippen molar-refractivity contribution in [2.24, 2.45) is 23.7 Å². The molecule has 5 heteroatoms. The van der Waals surface area contributed by atoms with Crippen LogP contribution in [0.25, 0.3) is 0 Å². The van der Waals surface area contributed by atoms with Gasteiger partial charge in [0.25, 0.3) is 0 Å². The number of aliphatic hydroxyl groups excluding tert-OH is 2. The van der Waals surface area contributed by atoms with E-state index in [0.29, 0.717) is 5.75 Å². The average Bonchev–Trinajstić information content (AvgIpc) is 2.82. The Kier molecular flexibility index (Phi) is 15.4. The first kappa shape index (κ1) is 34.5. The van der Waals surface area contributed by atoms with Gasteiger partial charge in [-0.1, -0.05) is 79.3 Å². The molecule has 0 aromatic heterocycles. The fourth-order valence-electron chi connectivity index (χ4n) is 5.43. The van der Waals surface area contributed by atoms with Gasteiger partial charge in [0.1, 0.15) is 5.75 Å². The van der Waals surface area contributed by atoms with Gasteiger partial charge in [-0.15, -0.1) is 0 Å². The summed E-state index contributed by atoms with van der Waals surface area (Å²) < 4.78 is 0. The van der Waals surface area contributed by atoms with Crippen LogP contribution in [0.15, 0.2) is 12.1 Å². The number of rotatable bonds is 2. The first-order chi connectivity index (χ1) is 12.8. The molecule has 0 radical (unpaired) electrons. The Balaban J connectivity index is -0.00000114. The van der Waals surface area contributed by atoms with Gasteiger partial charge in [0.2, 0.25) is 0 Å². The zero-order valence-corrected chi connectivity index (χ0v) is 24.4. The molecule has 0 spiro atoms. The van der Waals surface area contributed by atoms with Crippen LogP contribution in [0.1, 0.15) is 59.6 Å². The minimum Gasteiger partial charge on any atom is -0.508 e. The largest absolute Gasteiger partial charge is 0.508 e. The maximum Gasteiger partial charge on any atom is 0.118 e. The van der Waals surface area contributed by atoms with Crippen LogP contribution in [-0.4, -0.2) is 37.6 Å². The van der Waals surface area contributed by atoms with E-state index in [4.69, 9.17) is 10.2 Å². The first-order valence-corrected chi connectivity index (χ1v) is 13.6. The summed E-state index contributed by atoms with van der Waals surface area (Å²) in [5.74, 6) is 3.58. The summed E-state index contributed by atoms with van der Waals surface area (Å²) in [4.78, 5) is 0. The molecule has 0 amide bonds. The van der Waals surface area contributed by atoms with E-state index in [1.807, 2.05) is 0 Å². The molecule has 176 valence electrons. The molecule has 0 aliphatic heterocycles. The average molecular weight is 474 g/mol. The molecular weight excluding hydrogens is 424 g/mol. The Hall–Kier alpha value is -0.129. The van der Waals surface area contributed by atoms with Crippen LogP contribution in [0.4, 0.5) is 0 Å². The van der Waals surface area contributed by atoms with E-state index in [1.54, 1.807) is 0 Å². The van der Waals surface area contributed by atoms with Gasteiger partial charge in [0.05, 0.1) is 8.07 Å². The van der Waals surface area contributed by atoms with Gasteiger partial charge >= 0.3 is 0 Å². The van der Waals surface area contributed by atoms with E-state index in [9.17, 15) is 5.11 Å². The summed E-state index contributed by atoms with van der Waals surface area (Å²) in [5.41, 5.74) is 3.09. The van der Waals surface area contributed by atoms with E-state index in [2.05, 4.69) is 80.6 Å². The molecule has 1 aliphatic rings. The SMILES string of the molecule is CO.CO.Cc1cc(C(C)(C)C)c(O)c([Si](C)(C)C2C(C)C(C)C(C)C2C)c1.[CH3-].[Ti]. The molecule has 1 aromatic rings. The van der Waals surface area contributed by atoms with E-state index < -0.39 is 8.07 Å². The second-order valence-corrected chi connectivity index (χ2v) is 14.8. The van der Waals surface area contributed by atoms with Crippen LogP contribution in [0, 0.1) is 38.0 Å². The quantitative estimate of drug-likeness (QED) is 0.392. The maximum atomic E-state index is 11.2. The van der Waals surface area contributed by atoms with Gasteiger partial charge in [0.15, 0.2) is 0 Å². The zero-order valence-electron chi connectivity index (χ0n) is 21.9. The number of aryl methyl sites for hydroxylation is 1. The second kappa shape index (κ2) is 13.4. The van der Waals surface area contributed by atoms with Crippen LogP contribution in [0.3, 0.4) is 0 Å². The molecule has 1 aromatic carbocycles. The van der Waals surface area contributed by atoms with Gasteiger partial charge < -0.3 is 22.7 Å². The minimum absolute atomic E-state index is 0. The molecule has 4 unspecified atom stereocenters. The van der Waals surface area contributed by atoms with E-state index in [-0.39, 0.29) is 34.6 Å². The van der Waals surface area contributed by atoms with Gasteiger partial charge in [0, 0.05) is 35.9 Å². The summed E-state index contributed by atoms with van der Waals surface area (Å²) in [6.45, 7) is 23.5. The second-order valence-electron chi connectivity index (χ2n) is 10.1. The molecule has 0 heterocycles. The van der Waals surface area contributed by atoms with Crippen molar-refractivity contribution >= 4 is 13.3 Å². The van der Waals surface area contributed by atoms with E-state index in [1.165, 1.54) is 10.8 Å². The smallest absolute Gasteiger partial charge is 0.118 e. The van der Waals surface area contributed by atoms with Gasteiger partial charge in [-0.05, 0) is 52.3 Å². The van der Waals surface area contributed by atoms with Crippen molar-refractivity contribution in [3.05, 3.63) is 30.7 Å². The van der Waals surface area contributed by atoms with Gasteiger partial charge in [-0.2, -0.15) is 0 Å². The molecular formula is C25H49O3SiTi-. The number of aromatic hydroxyl groups is 1. The summed E-state index contributed by atoms with van der Waals surface area (Å²) >= 11 is 0. The number of aliphatic hydroxyl groups is 2. The Bertz CT molecular complexity index is 612. The standard InChI is InChI=1S/C22H38OSi.2CH4O.CH3.Ti/c1-13-11-18(22(6,7)8)20(23)19(12-13)24(9,10)21-16(4)14(2)15(3)17(21)5;2*1-2;;/h11-12,14-17,21,23H,1-10H3;2*2H,1H3;1H3;/q;;;-1;. The van der Waals surface area contributed by atoms with Crippen molar-refractivity contribution < 1.29 is 37.0 Å². The van der Waals surface area contributed by atoms with Crippen molar-refractivity contribution in [3.63, 3.8) is 0 Å². The van der Waals surface area contributed by atoms with Crippen LogP contribution in [0.5, 0.6) is 5.75 Å². The predicted molar refractivity (Wildman–Crippen MR) is 132 cm³/mol. The normalized spacial score (nSPS) is 25.6. The zero-order chi connectivity index (χ0) is 22.6. The van der Waals surface area contributed by atoms with Crippen LogP contribution in [-0.2, 0) is 27.1 Å². The molecule has 3 nitrogen and oxygen atoms in total. The summed E-state index contributed by atoms with van der Waals surface area (Å²) in [6, 6.07) is 4.46. The monoisotopic (exact) mass is 473 g/mol. The molecule has 0 saturated heterocycles. The Morgan fingerprint density at radius 1 is 0.800 bits per heavy atom. The van der Waals surface area contributed by atoms with Crippen molar-refractivity contribution in [3.8, 4) is 5.75 Å². The molecule has 4 atom stereocenters. The van der Waals surface area contributed by atoms with Crippen molar-refractivity contribution in [2.75, 3.05) is 14.2 Å². The molecule has 1 aliphatic carbocycles. The molecule has 30 heavy (non-hydrogen) atoms. The summed E-state index contributed by atoms with van der Waals surface area (Å²) in [6.07, 6.45) is 0. The number of hydrogen-bond acceptors (Lipinski definition) is 3. The molecule has 1 fully saturated rings. The van der Waals surface area contributed by atoms with E-state index in [0.717, 1.165) is 49.0 Å². The first-order valence-electron chi connectivity index (χ1n) is 10.5. The topological polar surface area (TPSA) is 60.7 Å². The summed E-state index contributed by atoms with van der Waals surface area (Å²) in [7, 11) is 0.208. The molecule has 3 N–H and O–H groups in total. The van der Waals surface area contributed by atoms with Crippen LogP contribution >= 0.6 is 0 Å². The predicted octanol–water partition coefficient (Wildman–Crippen LogP) is 5.51. The van der Waals surface area contributed by atoms with Crippen LogP contribution < -0.4 is 5.19 Å². The Morgan fingerprint density at radius 3 is 1.50 bits per heavy atom. The number of phenolic OH excluding ortho intramolecular Hbond substituents is 1. The van der Waals surface area contributed by atoms with Crippen molar-refractivity contribution in [2.45, 2.75) is 79.4 Å². The third kappa shape index (κ3) is 6.93. The van der Waals surface area contributed by atoms with Crippen molar-refractivity contribution in [1.82, 2.24) is 0 Å². The Labute approximate surface area is 203 Å². The van der Waals surface area contributed by atoms with Gasteiger partial charge in [-0.3, -0.25) is 0 Å². The minimum atomic E-state index is -1.79. The number of benzene rings is 1. The number of hydrogen-bond donors (Lipinski definition) is 3. The molecule has 0 bridgehead atoms. The molecule has 2 rings (SSSR count). The van der Waals surface area contributed by atoms with Gasteiger partial charge in [-0.25, -0.2) is 0 Å². The maximum absolute atomic E-state index is 11.2.